The summed E-state index contributed by atoms with van der Waals surface area (Å²) >= 11 is 12.0. The number of hydrogen-bond acceptors (Lipinski definition) is 2. The smallest absolute Gasteiger partial charge is 0.263 e. The van der Waals surface area contributed by atoms with E-state index in [0.29, 0.717) is 29.4 Å². The molecule has 0 unspecified atom stereocenters. The van der Waals surface area contributed by atoms with E-state index in [1.807, 2.05) is 13.8 Å². The first-order valence-electron chi connectivity index (χ1n) is 6.18. The minimum absolute atomic E-state index is 0.0263. The van der Waals surface area contributed by atoms with E-state index in [4.69, 9.17) is 23.2 Å². The lowest BCUT2D eigenvalue weighted by atomic mass is 10.1. The zero-order chi connectivity index (χ0) is 14.9. The predicted molar refractivity (Wildman–Crippen MR) is 75.5 cm³/mol. The molecular weight excluding hydrogens is 307 g/mol. The lowest BCUT2D eigenvalue weighted by molar-refractivity contribution is 0.152. The molecule has 20 heavy (non-hydrogen) atoms. The first kappa shape index (κ1) is 15.2. The van der Waals surface area contributed by atoms with Crippen molar-refractivity contribution >= 4 is 23.2 Å². The molecule has 0 aliphatic carbocycles. The van der Waals surface area contributed by atoms with Crippen molar-refractivity contribution in [1.82, 2.24) is 14.8 Å². The second kappa shape index (κ2) is 6.06. The van der Waals surface area contributed by atoms with Crippen molar-refractivity contribution < 1.29 is 8.78 Å². The Morgan fingerprint density at radius 2 is 2.00 bits per heavy atom. The summed E-state index contributed by atoms with van der Waals surface area (Å²) in [5.74, 6) is 0. The van der Waals surface area contributed by atoms with Crippen molar-refractivity contribution in [3.63, 3.8) is 0 Å². The van der Waals surface area contributed by atoms with Crippen LogP contribution in [-0.4, -0.2) is 14.8 Å². The van der Waals surface area contributed by atoms with Gasteiger partial charge in [0, 0.05) is 23.9 Å². The highest BCUT2D eigenvalue weighted by atomic mass is 35.5. The molecule has 0 radical (unpaired) electrons. The van der Waals surface area contributed by atoms with Crippen molar-refractivity contribution in [1.29, 1.82) is 0 Å². The molecule has 0 amide bonds. The van der Waals surface area contributed by atoms with Crippen LogP contribution in [0.5, 0.6) is 0 Å². The van der Waals surface area contributed by atoms with Crippen LogP contribution >= 0.6 is 23.2 Å². The summed E-state index contributed by atoms with van der Waals surface area (Å²) in [4.78, 5) is 3.88. The molecule has 0 saturated heterocycles. The lowest BCUT2D eigenvalue weighted by Crippen LogP contribution is -2.02. The van der Waals surface area contributed by atoms with Crippen LogP contribution in [-0.2, 0) is 13.0 Å². The van der Waals surface area contributed by atoms with Gasteiger partial charge in [-0.1, -0.05) is 30.1 Å². The number of hydrogen-bond donors (Lipinski definition) is 0. The van der Waals surface area contributed by atoms with E-state index >= 15 is 0 Å². The van der Waals surface area contributed by atoms with Gasteiger partial charge in [-0.05, 0) is 19.4 Å². The second-order valence-electron chi connectivity index (χ2n) is 4.17. The van der Waals surface area contributed by atoms with Gasteiger partial charge in [0.25, 0.3) is 6.43 Å². The van der Waals surface area contributed by atoms with Gasteiger partial charge < -0.3 is 0 Å². The van der Waals surface area contributed by atoms with Crippen LogP contribution in [0.25, 0.3) is 11.3 Å². The van der Waals surface area contributed by atoms with Gasteiger partial charge in [-0.25, -0.2) is 13.8 Å². The average molecular weight is 320 g/mol. The molecule has 3 nitrogen and oxygen atoms in total. The fourth-order valence-corrected chi connectivity index (χ4v) is 2.56. The maximum absolute atomic E-state index is 13.2. The van der Waals surface area contributed by atoms with Crippen LogP contribution < -0.4 is 0 Å². The highest BCUT2D eigenvalue weighted by Gasteiger charge is 2.23. The normalized spacial score (nSPS) is 11.3. The van der Waals surface area contributed by atoms with Crippen LogP contribution in [0.1, 0.15) is 31.5 Å². The van der Waals surface area contributed by atoms with Crippen molar-refractivity contribution in [3.8, 4) is 11.3 Å². The Morgan fingerprint density at radius 3 is 2.55 bits per heavy atom. The first-order chi connectivity index (χ1) is 9.49. The summed E-state index contributed by atoms with van der Waals surface area (Å²) < 4.78 is 28.0. The first-order valence-corrected chi connectivity index (χ1v) is 6.94. The minimum Gasteiger partial charge on any atom is -0.263 e. The van der Waals surface area contributed by atoms with Gasteiger partial charge in [0.2, 0.25) is 0 Å². The van der Waals surface area contributed by atoms with Crippen LogP contribution in [0.15, 0.2) is 12.3 Å². The number of pyridine rings is 1. The molecule has 0 spiro atoms. The molecule has 0 aliphatic rings. The SMILES string of the molecule is CCc1nn(CC)c(-c2cnc(Cl)cc2C(F)F)c1Cl. The molecule has 2 rings (SSSR count). The molecular formula is C13H13Cl2F2N3. The van der Waals surface area contributed by atoms with Gasteiger partial charge in [-0.3, -0.25) is 4.68 Å². The Hall–Kier alpha value is -1.20. The topological polar surface area (TPSA) is 30.7 Å². The van der Waals surface area contributed by atoms with E-state index in [1.54, 1.807) is 4.68 Å². The fourth-order valence-electron chi connectivity index (χ4n) is 2.02. The zero-order valence-electron chi connectivity index (χ0n) is 11.0. The summed E-state index contributed by atoms with van der Waals surface area (Å²) in [5.41, 5.74) is 1.22. The zero-order valence-corrected chi connectivity index (χ0v) is 12.5. The summed E-state index contributed by atoms with van der Waals surface area (Å²) in [5, 5.41) is 4.74. The molecule has 2 aromatic rings. The highest BCUT2D eigenvalue weighted by Crippen LogP contribution is 2.37. The van der Waals surface area contributed by atoms with Crippen LogP contribution in [0.3, 0.4) is 0 Å². The van der Waals surface area contributed by atoms with Gasteiger partial charge in [-0.2, -0.15) is 5.10 Å². The van der Waals surface area contributed by atoms with Gasteiger partial charge in [-0.15, -0.1) is 0 Å². The Morgan fingerprint density at radius 1 is 1.30 bits per heavy atom. The van der Waals surface area contributed by atoms with E-state index < -0.39 is 6.43 Å². The molecule has 0 N–H and O–H groups in total. The lowest BCUT2D eigenvalue weighted by Gasteiger charge is -2.11. The van der Waals surface area contributed by atoms with Crippen molar-refractivity contribution in [3.05, 3.63) is 33.7 Å². The summed E-state index contributed by atoms with van der Waals surface area (Å²) in [6.45, 7) is 4.31. The average Bonchev–Trinajstić information content (AvgIpc) is 2.75. The number of halogens is 4. The second-order valence-corrected chi connectivity index (χ2v) is 4.94. The van der Waals surface area contributed by atoms with Crippen molar-refractivity contribution in [2.75, 3.05) is 0 Å². The summed E-state index contributed by atoms with van der Waals surface area (Å²) in [6.07, 6.45) is -0.714. The van der Waals surface area contributed by atoms with E-state index in [2.05, 4.69) is 10.1 Å². The Balaban J connectivity index is 2.71. The molecule has 0 aliphatic heterocycles. The van der Waals surface area contributed by atoms with E-state index in [9.17, 15) is 8.78 Å². The molecule has 0 aromatic carbocycles. The molecule has 0 saturated carbocycles. The maximum atomic E-state index is 13.2. The number of alkyl halides is 2. The van der Waals surface area contributed by atoms with Crippen molar-refractivity contribution in [2.45, 2.75) is 33.2 Å². The number of aryl methyl sites for hydroxylation is 2. The summed E-state index contributed by atoms with van der Waals surface area (Å²) in [7, 11) is 0. The Kier molecular flexibility index (Phi) is 4.60. The standard InChI is InChI=1S/C13H13Cl2F2N3/c1-3-9-11(15)12(20(4-2)19-9)8-6-18-10(14)5-7(8)13(16)17/h5-6,13H,3-4H2,1-2H3. The minimum atomic E-state index is -2.66. The predicted octanol–water partition coefficient (Wildman–Crippen LogP) is 4.77. The third-order valence-electron chi connectivity index (χ3n) is 2.99. The molecule has 0 fully saturated rings. The van der Waals surface area contributed by atoms with Gasteiger partial charge in [0.1, 0.15) is 5.15 Å². The molecule has 2 heterocycles. The largest absolute Gasteiger partial charge is 0.264 e. The maximum Gasteiger partial charge on any atom is 0.264 e. The van der Waals surface area contributed by atoms with Gasteiger partial charge in [0.05, 0.1) is 16.4 Å². The van der Waals surface area contributed by atoms with E-state index in [-0.39, 0.29) is 16.3 Å². The molecule has 108 valence electrons. The number of aromatic nitrogens is 3. The fraction of sp³-hybridized carbons (Fsp3) is 0.385. The van der Waals surface area contributed by atoms with Gasteiger partial charge >= 0.3 is 0 Å². The quantitative estimate of drug-likeness (QED) is 0.760. The van der Waals surface area contributed by atoms with Crippen LogP contribution in [0.4, 0.5) is 8.78 Å². The molecule has 7 heteroatoms. The Bertz CT molecular complexity index is 626. The third-order valence-corrected chi connectivity index (χ3v) is 3.59. The van der Waals surface area contributed by atoms with Crippen LogP contribution in [0, 0.1) is 0 Å². The van der Waals surface area contributed by atoms with E-state index in [1.165, 1.54) is 6.20 Å². The van der Waals surface area contributed by atoms with E-state index in [0.717, 1.165) is 6.07 Å². The van der Waals surface area contributed by atoms with Crippen molar-refractivity contribution in [2.24, 2.45) is 0 Å². The van der Waals surface area contributed by atoms with Crippen LogP contribution in [0.2, 0.25) is 10.2 Å². The number of rotatable bonds is 4. The Labute approximate surface area is 125 Å². The summed E-state index contributed by atoms with van der Waals surface area (Å²) in [6, 6.07) is 1.16. The monoisotopic (exact) mass is 319 g/mol. The third kappa shape index (κ3) is 2.65. The highest BCUT2D eigenvalue weighted by molar-refractivity contribution is 6.34. The molecule has 2 aromatic heterocycles. The van der Waals surface area contributed by atoms with Gasteiger partial charge in [0.15, 0.2) is 0 Å². The number of nitrogens with zero attached hydrogens (tertiary/aromatic N) is 3. The molecule has 0 atom stereocenters. The molecule has 0 bridgehead atoms.